The maximum Gasteiger partial charge on any atom is 0.193 e. The van der Waals surface area contributed by atoms with Gasteiger partial charge in [0.05, 0.1) is 0 Å². The van der Waals surface area contributed by atoms with E-state index in [1.807, 2.05) is 13.2 Å². The number of nitrogens with one attached hydrogen (secondary N) is 1. The minimum atomic E-state index is 0.761. The highest BCUT2D eigenvalue weighted by Gasteiger charge is 2.17. The number of aromatic nitrogens is 1. The highest BCUT2D eigenvalue weighted by Crippen LogP contribution is 2.18. The third kappa shape index (κ3) is 6.07. The second-order valence-electron chi connectivity index (χ2n) is 7.98. The third-order valence-electron chi connectivity index (χ3n) is 5.87. The topological polar surface area (TPSA) is 56.2 Å². The van der Waals surface area contributed by atoms with E-state index >= 15 is 0 Å². The first-order valence-corrected chi connectivity index (χ1v) is 10.5. The number of aliphatic imine (C=N–C) groups is 1. The Labute approximate surface area is 169 Å². The van der Waals surface area contributed by atoms with E-state index in [0.717, 1.165) is 70.2 Å². The zero-order valence-electron chi connectivity index (χ0n) is 17.7. The first kappa shape index (κ1) is 20.9. The van der Waals surface area contributed by atoms with Gasteiger partial charge >= 0.3 is 0 Å². The Morgan fingerprint density at radius 3 is 2.75 bits per heavy atom. The smallest absolute Gasteiger partial charge is 0.193 e. The van der Waals surface area contributed by atoms with Crippen LogP contribution in [0.1, 0.15) is 24.8 Å². The van der Waals surface area contributed by atoms with Crippen LogP contribution in [-0.4, -0.2) is 87.8 Å². The summed E-state index contributed by atoms with van der Waals surface area (Å²) in [7, 11) is 6.15. The van der Waals surface area contributed by atoms with Gasteiger partial charge in [-0.2, -0.15) is 0 Å². The van der Waals surface area contributed by atoms with Gasteiger partial charge in [0.25, 0.3) is 0 Å². The van der Waals surface area contributed by atoms with Crippen LogP contribution in [0.4, 0.5) is 5.82 Å². The van der Waals surface area contributed by atoms with Gasteiger partial charge in [0.1, 0.15) is 5.82 Å². The molecule has 0 amide bonds. The van der Waals surface area contributed by atoms with Gasteiger partial charge in [0, 0.05) is 72.8 Å². The number of rotatable bonds is 6. The van der Waals surface area contributed by atoms with Crippen molar-refractivity contribution in [3.8, 4) is 0 Å². The van der Waals surface area contributed by atoms with Crippen LogP contribution in [0.3, 0.4) is 0 Å². The van der Waals surface area contributed by atoms with Crippen molar-refractivity contribution in [3.05, 3.63) is 23.9 Å². The Balaban J connectivity index is 1.48. The lowest BCUT2D eigenvalue weighted by atomic mass is 9.96. The molecule has 2 aliphatic heterocycles. The third-order valence-corrected chi connectivity index (χ3v) is 5.87. The summed E-state index contributed by atoms with van der Waals surface area (Å²) >= 11 is 0. The van der Waals surface area contributed by atoms with Gasteiger partial charge in [-0.1, -0.05) is 0 Å². The van der Waals surface area contributed by atoms with Crippen molar-refractivity contribution in [2.45, 2.75) is 25.8 Å². The van der Waals surface area contributed by atoms with E-state index < -0.39 is 0 Å². The molecule has 28 heavy (non-hydrogen) atoms. The van der Waals surface area contributed by atoms with E-state index in [9.17, 15) is 0 Å². The number of piperazine rings is 1. The zero-order valence-corrected chi connectivity index (χ0v) is 17.7. The van der Waals surface area contributed by atoms with Crippen molar-refractivity contribution in [1.29, 1.82) is 0 Å². The summed E-state index contributed by atoms with van der Waals surface area (Å²) in [4.78, 5) is 16.0. The van der Waals surface area contributed by atoms with Gasteiger partial charge in [-0.15, -0.1) is 0 Å². The summed E-state index contributed by atoms with van der Waals surface area (Å²) in [6, 6.07) is 4.29. The van der Waals surface area contributed by atoms with Crippen LogP contribution in [0.5, 0.6) is 0 Å². The van der Waals surface area contributed by atoms with Crippen LogP contribution in [0.25, 0.3) is 0 Å². The van der Waals surface area contributed by atoms with Crippen molar-refractivity contribution >= 4 is 11.8 Å². The molecule has 0 radical (unpaired) electrons. The average molecular weight is 389 g/mol. The maximum atomic E-state index is 5.46. The van der Waals surface area contributed by atoms with E-state index in [-0.39, 0.29) is 0 Å². The molecule has 3 heterocycles. The second-order valence-corrected chi connectivity index (χ2v) is 7.98. The van der Waals surface area contributed by atoms with Crippen molar-refractivity contribution in [3.63, 3.8) is 0 Å². The van der Waals surface area contributed by atoms with E-state index in [0.29, 0.717) is 0 Å². The molecule has 0 unspecified atom stereocenters. The van der Waals surface area contributed by atoms with Crippen LogP contribution in [0.2, 0.25) is 0 Å². The molecule has 7 heteroatoms. The number of nitrogens with zero attached hydrogens (tertiary/aromatic N) is 5. The Hall–Kier alpha value is -1.86. The van der Waals surface area contributed by atoms with Crippen LogP contribution < -0.4 is 10.2 Å². The number of pyridine rings is 1. The molecular weight excluding hydrogens is 352 g/mol. The molecule has 1 N–H and O–H groups in total. The van der Waals surface area contributed by atoms with Crippen LogP contribution in [0, 0.1) is 5.92 Å². The van der Waals surface area contributed by atoms with Crippen LogP contribution >= 0.6 is 0 Å². The number of likely N-dealkylation sites (N-methyl/N-ethyl adjacent to an activating group) is 1. The van der Waals surface area contributed by atoms with Crippen LogP contribution in [0.15, 0.2) is 23.3 Å². The Morgan fingerprint density at radius 2 is 2.04 bits per heavy atom. The van der Waals surface area contributed by atoms with Crippen LogP contribution in [-0.2, 0) is 11.3 Å². The van der Waals surface area contributed by atoms with E-state index in [4.69, 9.17) is 4.74 Å². The fourth-order valence-electron chi connectivity index (χ4n) is 3.86. The molecule has 1 aromatic rings. The molecule has 2 aliphatic rings. The molecule has 2 saturated heterocycles. The van der Waals surface area contributed by atoms with Gasteiger partial charge in [-0.3, -0.25) is 4.99 Å². The molecule has 0 aromatic carbocycles. The molecule has 0 atom stereocenters. The van der Waals surface area contributed by atoms with Gasteiger partial charge in [-0.25, -0.2) is 4.98 Å². The van der Waals surface area contributed by atoms with E-state index in [1.54, 1.807) is 0 Å². The SMILES string of the molecule is CN=C(NCc1ccnc(N2CCN(C)CC2)c1)N(C)CCC1CCOCC1. The summed E-state index contributed by atoms with van der Waals surface area (Å²) in [5, 5.41) is 3.51. The average Bonchev–Trinajstić information content (AvgIpc) is 2.74. The van der Waals surface area contributed by atoms with Crippen molar-refractivity contribution in [2.75, 3.05) is 72.0 Å². The molecule has 0 saturated carbocycles. The maximum absolute atomic E-state index is 5.46. The minimum Gasteiger partial charge on any atom is -0.381 e. The standard InChI is InChI=1S/C21H36N6O/c1-22-21(26(3)9-5-18-6-14-28-15-7-18)24-17-19-4-8-23-20(16-19)27-12-10-25(2)11-13-27/h4,8,16,18H,5-7,9-15,17H2,1-3H3,(H,22,24). The van der Waals surface area contributed by atoms with E-state index in [2.05, 4.69) is 56.2 Å². The largest absolute Gasteiger partial charge is 0.381 e. The fourth-order valence-corrected chi connectivity index (χ4v) is 3.86. The number of hydrogen-bond acceptors (Lipinski definition) is 5. The normalized spacial score (nSPS) is 19.7. The quantitative estimate of drug-likeness (QED) is 0.591. The molecule has 1 aromatic heterocycles. The van der Waals surface area contributed by atoms with Crippen molar-refractivity contribution in [1.82, 2.24) is 20.1 Å². The molecule has 0 aliphatic carbocycles. The summed E-state index contributed by atoms with van der Waals surface area (Å²) in [6.45, 7) is 7.88. The van der Waals surface area contributed by atoms with Gasteiger partial charge in [0.15, 0.2) is 5.96 Å². The Morgan fingerprint density at radius 1 is 1.29 bits per heavy atom. The monoisotopic (exact) mass is 388 g/mol. The first-order chi connectivity index (χ1) is 13.7. The summed E-state index contributed by atoms with van der Waals surface area (Å²) in [6.07, 6.45) is 5.49. The molecule has 0 spiro atoms. The summed E-state index contributed by atoms with van der Waals surface area (Å²) in [5.41, 5.74) is 1.24. The fraction of sp³-hybridized carbons (Fsp3) is 0.714. The predicted octanol–water partition coefficient (Wildman–Crippen LogP) is 1.66. The minimum absolute atomic E-state index is 0.761. The van der Waals surface area contributed by atoms with Gasteiger partial charge < -0.3 is 24.8 Å². The highest BCUT2D eigenvalue weighted by atomic mass is 16.5. The first-order valence-electron chi connectivity index (χ1n) is 10.5. The number of hydrogen-bond donors (Lipinski definition) is 1. The van der Waals surface area contributed by atoms with Crippen molar-refractivity contribution in [2.24, 2.45) is 10.9 Å². The molecule has 2 fully saturated rings. The van der Waals surface area contributed by atoms with Gasteiger partial charge in [0.2, 0.25) is 0 Å². The highest BCUT2D eigenvalue weighted by molar-refractivity contribution is 5.79. The lowest BCUT2D eigenvalue weighted by Crippen LogP contribution is -2.44. The summed E-state index contributed by atoms with van der Waals surface area (Å²) in [5.74, 6) is 2.81. The lowest BCUT2D eigenvalue weighted by molar-refractivity contribution is 0.0625. The molecule has 0 bridgehead atoms. The van der Waals surface area contributed by atoms with Crippen molar-refractivity contribution < 1.29 is 4.74 Å². The molecule has 7 nitrogen and oxygen atoms in total. The number of ether oxygens (including phenoxy) is 1. The Kier molecular flexibility index (Phi) is 7.91. The lowest BCUT2D eigenvalue weighted by Gasteiger charge is -2.33. The second kappa shape index (κ2) is 10.6. The number of anilines is 1. The zero-order chi connectivity index (χ0) is 19.8. The van der Waals surface area contributed by atoms with Gasteiger partial charge in [-0.05, 0) is 49.9 Å². The Bertz CT molecular complexity index is 623. The predicted molar refractivity (Wildman–Crippen MR) is 115 cm³/mol. The van der Waals surface area contributed by atoms with E-state index in [1.165, 1.54) is 24.8 Å². The molecule has 156 valence electrons. The molecular formula is C21H36N6O. The molecule has 3 rings (SSSR count). The summed E-state index contributed by atoms with van der Waals surface area (Å²) < 4.78 is 5.46. The number of guanidine groups is 1.